The van der Waals surface area contributed by atoms with Gasteiger partial charge in [-0.1, -0.05) is 50.6 Å². The van der Waals surface area contributed by atoms with Crippen LogP contribution in [0.5, 0.6) is 5.75 Å². The van der Waals surface area contributed by atoms with Crippen LogP contribution in [0.25, 0.3) is 16.8 Å². The number of aromatic hydroxyl groups is 1. The molecule has 7 fully saturated rings. The van der Waals surface area contributed by atoms with Gasteiger partial charge in [-0.05, 0) is 149 Å². The van der Waals surface area contributed by atoms with Gasteiger partial charge in [0.05, 0.1) is 12.7 Å². The molecule has 5 unspecified atom stereocenters. The topological polar surface area (TPSA) is 149 Å². The molecule has 1 N–H and O–H groups in total. The average Bonchev–Trinajstić information content (AvgIpc) is 3.89. The zero-order valence-electron chi connectivity index (χ0n) is 33.8. The number of phenols is 1. The molecule has 0 aromatic heterocycles. The normalized spacial score (nSPS) is 30.7. The molecule has 0 spiro atoms. The van der Waals surface area contributed by atoms with Crippen LogP contribution in [0, 0.1) is 52.8 Å². The van der Waals surface area contributed by atoms with Crippen LogP contribution in [0.2, 0.25) is 0 Å². The van der Waals surface area contributed by atoms with Crippen LogP contribution in [0.3, 0.4) is 0 Å². The van der Waals surface area contributed by atoms with E-state index in [1.165, 1.54) is 39.0 Å². The minimum absolute atomic E-state index is 0.0313. The molecule has 7 aliphatic rings. The molecule has 1 aliphatic heterocycles. The molecule has 304 valence electrons. The van der Waals surface area contributed by atoms with Gasteiger partial charge in [-0.3, -0.25) is 0 Å². The van der Waals surface area contributed by atoms with Crippen molar-refractivity contribution in [1.82, 2.24) is 0 Å². The molecule has 1 saturated heterocycles. The summed E-state index contributed by atoms with van der Waals surface area (Å²) in [6.07, 6.45) is 10.9. The molecular weight excluding hydrogens is 723 g/mol. The number of nitrogens with zero attached hydrogens (tertiary/aromatic N) is 1. The molecule has 0 radical (unpaired) electrons. The summed E-state index contributed by atoms with van der Waals surface area (Å²) in [5, 5.41) is 20.3. The summed E-state index contributed by atoms with van der Waals surface area (Å²) in [7, 11) is 0. The van der Waals surface area contributed by atoms with Crippen LogP contribution in [0.1, 0.15) is 91.0 Å². The van der Waals surface area contributed by atoms with Crippen molar-refractivity contribution in [2.75, 3.05) is 6.61 Å². The number of carbonyl (C=O) groups excluding carboxylic acids is 4. The third kappa shape index (κ3) is 10.4. The maximum absolute atomic E-state index is 11.8. The number of carbonyl (C=O) groups is 4. The highest BCUT2D eigenvalue weighted by atomic mass is 16.6. The average molecular weight is 780 g/mol. The Labute approximate surface area is 336 Å². The number of hydrogen-bond acceptors (Lipinski definition) is 10. The lowest BCUT2D eigenvalue weighted by atomic mass is 9.50. The number of hydrogen-bond donors (Lipinski definition) is 1. The van der Waals surface area contributed by atoms with Gasteiger partial charge in [0, 0.05) is 29.1 Å². The summed E-state index contributed by atoms with van der Waals surface area (Å²) in [4.78, 5) is 44.9. The second-order valence-corrected chi connectivity index (χ2v) is 17.0. The lowest BCUT2D eigenvalue weighted by Crippen LogP contribution is -2.58. The fourth-order valence-electron chi connectivity index (χ4n) is 9.53. The molecule has 5 atom stereocenters. The smallest absolute Gasteiger partial charge is 0.347 e. The highest BCUT2D eigenvalue weighted by Gasteiger charge is 2.57. The molecule has 9 rings (SSSR count). The first-order valence-electron chi connectivity index (χ1n) is 20.0. The molecule has 6 aliphatic carbocycles. The van der Waals surface area contributed by atoms with Gasteiger partial charge >= 0.3 is 23.9 Å². The maximum Gasteiger partial charge on any atom is 0.347 e. The predicted octanol–water partition coefficient (Wildman–Crippen LogP) is 8.97. The van der Waals surface area contributed by atoms with Crippen LogP contribution in [0.15, 0.2) is 79.4 Å². The molecule has 6 bridgehead atoms. The number of cyclic esters (lactones) is 1. The highest BCUT2D eigenvalue weighted by Crippen LogP contribution is 2.59. The van der Waals surface area contributed by atoms with E-state index in [-0.39, 0.29) is 35.1 Å². The van der Waals surface area contributed by atoms with Crippen molar-refractivity contribution in [3.05, 3.63) is 85.0 Å². The molecule has 10 heteroatoms. The third-order valence-electron chi connectivity index (χ3n) is 12.6. The van der Waals surface area contributed by atoms with Gasteiger partial charge in [-0.15, -0.1) is 0 Å². The number of esters is 4. The number of rotatable bonds is 7. The summed E-state index contributed by atoms with van der Waals surface area (Å²) < 4.78 is 20.6. The third-order valence-corrected chi connectivity index (χ3v) is 12.6. The van der Waals surface area contributed by atoms with Gasteiger partial charge in [-0.2, -0.15) is 5.26 Å². The number of phenolic OH excluding ortho intramolecular Hbond substituents is 1. The van der Waals surface area contributed by atoms with E-state index in [1.807, 2.05) is 30.3 Å². The standard InChI is InChI=1S/C15H22O2.C12H15NO2.C12H10O.C8H10O4/c1-9(2)14(16)17-15(3)12-5-10-4-11(7-12)8-13(15)6-10;1-7(2)12(14)15-11-5-8-3-9(11)4-10(8)6-13;1-2-9-3-4-11-8-12(13)6-5-10(11)7-9;1-5(2)7(9)12-6-3-4-11-8(6)10/h10-13H,1,4-8H2,2-3H3;8-11H,1,3-5H2,2H3;2-8,13H,1H2;6H,1,3-4H2,2H3. The Kier molecular flexibility index (Phi) is 13.9. The first-order chi connectivity index (χ1) is 27.0. The van der Waals surface area contributed by atoms with Crippen molar-refractivity contribution in [1.29, 1.82) is 5.26 Å². The zero-order chi connectivity index (χ0) is 41.6. The summed E-state index contributed by atoms with van der Waals surface area (Å²) in [5.74, 6) is 2.87. The monoisotopic (exact) mass is 779 g/mol. The van der Waals surface area contributed by atoms with Crippen molar-refractivity contribution in [3.8, 4) is 11.8 Å². The molecule has 6 saturated carbocycles. The number of nitriles is 1. The van der Waals surface area contributed by atoms with Gasteiger partial charge in [0.1, 0.15) is 17.5 Å². The van der Waals surface area contributed by atoms with Crippen LogP contribution >= 0.6 is 0 Å². The maximum atomic E-state index is 11.8. The van der Waals surface area contributed by atoms with Crippen LogP contribution in [0.4, 0.5) is 0 Å². The van der Waals surface area contributed by atoms with Crippen molar-refractivity contribution in [2.45, 2.75) is 103 Å². The van der Waals surface area contributed by atoms with Crippen molar-refractivity contribution in [3.63, 3.8) is 0 Å². The molecule has 57 heavy (non-hydrogen) atoms. The molecule has 2 aromatic rings. The number of benzene rings is 2. The van der Waals surface area contributed by atoms with Gasteiger partial charge in [0.25, 0.3) is 0 Å². The Morgan fingerprint density at radius 1 is 0.807 bits per heavy atom. The second-order valence-electron chi connectivity index (χ2n) is 17.0. The van der Waals surface area contributed by atoms with E-state index in [2.05, 4.69) is 44.0 Å². The fourth-order valence-corrected chi connectivity index (χ4v) is 9.53. The van der Waals surface area contributed by atoms with E-state index in [1.54, 1.807) is 26.0 Å². The lowest BCUT2D eigenvalue weighted by molar-refractivity contribution is -0.199. The van der Waals surface area contributed by atoms with E-state index in [9.17, 15) is 24.3 Å². The summed E-state index contributed by atoms with van der Waals surface area (Å²) in [6.45, 7) is 21.8. The summed E-state index contributed by atoms with van der Waals surface area (Å²) >= 11 is 0. The van der Waals surface area contributed by atoms with E-state index in [0.717, 1.165) is 47.4 Å². The second kappa shape index (κ2) is 18.4. The van der Waals surface area contributed by atoms with Crippen molar-refractivity contribution >= 4 is 40.7 Å². The summed E-state index contributed by atoms with van der Waals surface area (Å²) in [5.41, 5.74) is 2.16. The van der Waals surface area contributed by atoms with Gasteiger partial charge < -0.3 is 24.1 Å². The van der Waals surface area contributed by atoms with E-state index in [0.29, 0.717) is 53.6 Å². The minimum Gasteiger partial charge on any atom is -0.508 e. The van der Waals surface area contributed by atoms with E-state index in [4.69, 9.17) is 19.5 Å². The highest BCUT2D eigenvalue weighted by molar-refractivity contribution is 5.90. The summed E-state index contributed by atoms with van der Waals surface area (Å²) in [6, 6.07) is 13.7. The number of ether oxygens (including phenoxy) is 4. The van der Waals surface area contributed by atoms with Gasteiger partial charge in [-0.25, -0.2) is 19.2 Å². The lowest BCUT2D eigenvalue weighted by Gasteiger charge is -2.59. The van der Waals surface area contributed by atoms with Crippen LogP contribution in [-0.2, 0) is 38.1 Å². The first kappa shape index (κ1) is 43.0. The SMILES string of the molecule is C=C(C)C(=O)OC1(C)C2CC3CC(C2)CC1C3.C=C(C)C(=O)OC1CC2CC1CC2C#N.C=C(C)C(=O)OC1CCOC1=O.C=Cc1ccc2cc(O)ccc2c1. The molecule has 10 nitrogen and oxygen atoms in total. The Hall–Kier alpha value is -5.17. The van der Waals surface area contributed by atoms with Crippen molar-refractivity contribution in [2.24, 2.45) is 41.4 Å². The first-order valence-corrected chi connectivity index (χ1v) is 20.0. The van der Waals surface area contributed by atoms with Crippen LogP contribution in [-0.4, -0.2) is 53.4 Å². The Morgan fingerprint density at radius 3 is 1.89 bits per heavy atom. The quantitative estimate of drug-likeness (QED) is 0.164. The molecule has 0 amide bonds. The van der Waals surface area contributed by atoms with E-state index >= 15 is 0 Å². The largest absolute Gasteiger partial charge is 0.508 e. The fraction of sp³-hybridized carbons (Fsp3) is 0.511. The number of fused-ring (bicyclic) bond motifs is 3. The van der Waals surface area contributed by atoms with Gasteiger partial charge in [0.2, 0.25) is 6.10 Å². The molecule has 1 heterocycles. The Morgan fingerprint density at radius 2 is 1.39 bits per heavy atom. The van der Waals surface area contributed by atoms with E-state index < -0.39 is 18.0 Å². The zero-order valence-corrected chi connectivity index (χ0v) is 33.8. The predicted molar refractivity (Wildman–Crippen MR) is 217 cm³/mol. The Balaban J connectivity index is 0.000000146. The Bertz CT molecular complexity index is 1930. The minimum atomic E-state index is -0.728. The molecular formula is C47H57NO9. The van der Waals surface area contributed by atoms with Gasteiger partial charge in [0.15, 0.2) is 0 Å². The molecule has 2 aromatic carbocycles. The van der Waals surface area contributed by atoms with Crippen molar-refractivity contribution < 1.29 is 43.2 Å². The van der Waals surface area contributed by atoms with Crippen LogP contribution < -0.4 is 0 Å².